The molecule has 1 atom stereocenters. The van der Waals surface area contributed by atoms with Gasteiger partial charge in [-0.15, -0.1) is 0 Å². The van der Waals surface area contributed by atoms with Crippen LogP contribution in [-0.2, 0) is 16.1 Å². The van der Waals surface area contributed by atoms with Crippen molar-refractivity contribution in [3.63, 3.8) is 0 Å². The number of carbonyl (C=O) groups is 3. The normalized spacial score (nSPS) is 22.1. The Morgan fingerprint density at radius 2 is 1.83 bits per heavy atom. The molecule has 2 aliphatic rings. The molecule has 1 aromatic rings. The summed E-state index contributed by atoms with van der Waals surface area (Å²) in [6, 6.07) is 9.87. The second-order valence-corrected chi connectivity index (χ2v) is 7.83. The topological polar surface area (TPSA) is 82.1 Å². The first-order valence-corrected chi connectivity index (χ1v) is 10.5. The van der Waals surface area contributed by atoms with Crippen LogP contribution in [0.5, 0.6) is 0 Å². The van der Waals surface area contributed by atoms with Crippen LogP contribution in [0.4, 0.5) is 4.79 Å². The van der Waals surface area contributed by atoms with E-state index in [1.807, 2.05) is 13.0 Å². The second kappa shape index (κ2) is 9.78. The number of rotatable bonds is 7. The van der Waals surface area contributed by atoms with Crippen LogP contribution in [0.25, 0.3) is 0 Å². The molecule has 0 spiro atoms. The van der Waals surface area contributed by atoms with Crippen LogP contribution in [0.1, 0.15) is 45.1 Å². The molecule has 0 bridgehead atoms. The number of amides is 4. The summed E-state index contributed by atoms with van der Waals surface area (Å²) < 4.78 is 0. The minimum atomic E-state index is -0.994. The zero-order valence-electron chi connectivity index (χ0n) is 17.3. The summed E-state index contributed by atoms with van der Waals surface area (Å²) in [6.07, 6.45) is 3.37. The molecule has 2 aliphatic heterocycles. The molecule has 2 fully saturated rings. The van der Waals surface area contributed by atoms with Crippen molar-refractivity contribution >= 4 is 23.6 Å². The van der Waals surface area contributed by atoms with Gasteiger partial charge in [-0.3, -0.25) is 29.7 Å². The molecule has 0 unspecified atom stereocenters. The predicted molar refractivity (Wildman–Crippen MR) is 111 cm³/mol. The quantitative estimate of drug-likeness (QED) is 0.565. The van der Waals surface area contributed by atoms with Crippen molar-refractivity contribution in [2.24, 2.45) is 10.9 Å². The molecule has 29 heavy (non-hydrogen) atoms. The highest BCUT2D eigenvalue weighted by Crippen LogP contribution is 2.19. The van der Waals surface area contributed by atoms with Crippen molar-refractivity contribution < 1.29 is 14.4 Å². The van der Waals surface area contributed by atoms with Crippen molar-refractivity contribution in [3.05, 3.63) is 35.9 Å². The van der Waals surface area contributed by atoms with Crippen LogP contribution in [0.15, 0.2) is 35.3 Å². The molecular formula is C22H30N4O3. The maximum Gasteiger partial charge on any atom is 0.330 e. The number of nitrogens with zero attached hydrogens (tertiary/aromatic N) is 3. The monoisotopic (exact) mass is 398 g/mol. The number of aliphatic imine (C=N–C) groups is 1. The van der Waals surface area contributed by atoms with Gasteiger partial charge in [-0.1, -0.05) is 43.7 Å². The van der Waals surface area contributed by atoms with Gasteiger partial charge in [0.25, 0.3) is 0 Å². The molecule has 156 valence electrons. The van der Waals surface area contributed by atoms with Gasteiger partial charge in [0, 0.05) is 31.9 Å². The van der Waals surface area contributed by atoms with E-state index in [1.54, 1.807) is 6.92 Å². The molecule has 2 saturated heterocycles. The highest BCUT2D eigenvalue weighted by molar-refractivity contribution is 6.27. The zero-order chi connectivity index (χ0) is 20.8. The molecule has 4 amide bonds. The Kier molecular flexibility index (Phi) is 7.14. The van der Waals surface area contributed by atoms with Gasteiger partial charge in [-0.25, -0.2) is 4.79 Å². The fourth-order valence-corrected chi connectivity index (χ4v) is 3.92. The first kappa shape index (κ1) is 21.2. The standard InChI is InChI=1S/C22H30N4O3/c1-3-4-12-26-21(28)19(20(27)24-22(26)29)16(2)23-18-10-13-25(14-11-18)15-17-8-6-5-7-9-17/h5-9,18-19H,3-4,10-15H2,1-2H3,(H,24,27,29)/t19-/m1/s1. The van der Waals surface area contributed by atoms with Gasteiger partial charge in [0.1, 0.15) is 0 Å². The Labute approximate surface area is 172 Å². The van der Waals surface area contributed by atoms with Gasteiger partial charge in [-0.05, 0) is 31.7 Å². The lowest BCUT2D eigenvalue weighted by Crippen LogP contribution is -2.59. The summed E-state index contributed by atoms with van der Waals surface area (Å²) >= 11 is 0. The Hall–Kier alpha value is -2.54. The van der Waals surface area contributed by atoms with E-state index in [0.29, 0.717) is 12.3 Å². The van der Waals surface area contributed by atoms with Crippen molar-refractivity contribution in [1.29, 1.82) is 0 Å². The molecule has 0 aliphatic carbocycles. The number of hydrogen-bond acceptors (Lipinski definition) is 5. The minimum absolute atomic E-state index is 0.101. The molecule has 7 nitrogen and oxygen atoms in total. The lowest BCUT2D eigenvalue weighted by atomic mass is 9.98. The summed E-state index contributed by atoms with van der Waals surface area (Å²) in [5.41, 5.74) is 1.80. The maximum atomic E-state index is 12.7. The third-order valence-corrected chi connectivity index (χ3v) is 5.60. The zero-order valence-corrected chi connectivity index (χ0v) is 17.3. The minimum Gasteiger partial charge on any atom is -0.299 e. The SMILES string of the molecule is CCCCN1C(=O)NC(=O)[C@@H](C(C)=NC2CCN(Cc3ccccc3)CC2)C1=O. The van der Waals surface area contributed by atoms with Crippen LogP contribution < -0.4 is 5.32 Å². The lowest BCUT2D eigenvalue weighted by Gasteiger charge is -2.32. The van der Waals surface area contributed by atoms with Crippen LogP contribution in [-0.4, -0.2) is 59.0 Å². The van der Waals surface area contributed by atoms with Crippen molar-refractivity contribution in [3.8, 4) is 0 Å². The number of nitrogens with one attached hydrogen (secondary N) is 1. The summed E-state index contributed by atoms with van der Waals surface area (Å²) in [4.78, 5) is 45.3. The molecule has 2 heterocycles. The number of benzene rings is 1. The number of hydrogen-bond donors (Lipinski definition) is 1. The molecule has 1 aromatic carbocycles. The molecule has 1 N–H and O–H groups in total. The Morgan fingerprint density at radius 1 is 1.14 bits per heavy atom. The molecule has 0 saturated carbocycles. The molecule has 0 aromatic heterocycles. The first-order chi connectivity index (χ1) is 14.0. The van der Waals surface area contributed by atoms with E-state index in [-0.39, 0.29) is 6.04 Å². The highest BCUT2D eigenvalue weighted by atomic mass is 16.2. The first-order valence-electron chi connectivity index (χ1n) is 10.5. The van der Waals surface area contributed by atoms with Gasteiger partial charge in [-0.2, -0.15) is 0 Å². The Bertz CT molecular complexity index is 770. The van der Waals surface area contributed by atoms with Crippen LogP contribution in [0.2, 0.25) is 0 Å². The van der Waals surface area contributed by atoms with Crippen molar-refractivity contribution in [1.82, 2.24) is 15.1 Å². The summed E-state index contributed by atoms with van der Waals surface area (Å²) in [7, 11) is 0. The summed E-state index contributed by atoms with van der Waals surface area (Å²) in [5, 5.41) is 2.31. The molecule has 7 heteroatoms. The molecular weight excluding hydrogens is 368 g/mol. The van der Waals surface area contributed by atoms with Gasteiger partial charge in [0.05, 0.1) is 6.04 Å². The van der Waals surface area contributed by atoms with Gasteiger partial charge < -0.3 is 0 Å². The van der Waals surface area contributed by atoms with E-state index >= 15 is 0 Å². The summed E-state index contributed by atoms with van der Waals surface area (Å²) in [5.74, 6) is -2.00. The lowest BCUT2D eigenvalue weighted by molar-refractivity contribution is -0.139. The number of likely N-dealkylation sites (tertiary alicyclic amines) is 1. The van der Waals surface area contributed by atoms with E-state index in [1.165, 1.54) is 5.56 Å². The van der Waals surface area contributed by atoms with Crippen LogP contribution in [0, 0.1) is 5.92 Å². The number of unbranched alkanes of at least 4 members (excludes halogenated alkanes) is 1. The van der Waals surface area contributed by atoms with E-state index in [0.717, 1.165) is 50.2 Å². The van der Waals surface area contributed by atoms with Gasteiger partial charge >= 0.3 is 6.03 Å². The highest BCUT2D eigenvalue weighted by Gasteiger charge is 2.42. The third-order valence-electron chi connectivity index (χ3n) is 5.60. The third kappa shape index (κ3) is 5.29. The van der Waals surface area contributed by atoms with E-state index in [2.05, 4.69) is 34.5 Å². The number of imide groups is 2. The van der Waals surface area contributed by atoms with E-state index < -0.39 is 23.8 Å². The van der Waals surface area contributed by atoms with Crippen LogP contribution in [0.3, 0.4) is 0 Å². The van der Waals surface area contributed by atoms with Crippen LogP contribution >= 0.6 is 0 Å². The number of carbonyl (C=O) groups excluding carboxylic acids is 3. The fourth-order valence-electron chi connectivity index (χ4n) is 3.92. The fraction of sp³-hybridized carbons (Fsp3) is 0.545. The molecule has 3 rings (SSSR count). The predicted octanol–water partition coefficient (Wildman–Crippen LogP) is 2.61. The Balaban J connectivity index is 1.59. The smallest absolute Gasteiger partial charge is 0.299 e. The summed E-state index contributed by atoms with van der Waals surface area (Å²) in [6.45, 7) is 6.84. The largest absolute Gasteiger partial charge is 0.330 e. The van der Waals surface area contributed by atoms with E-state index in [9.17, 15) is 14.4 Å². The van der Waals surface area contributed by atoms with Gasteiger partial charge in [0.2, 0.25) is 11.8 Å². The average Bonchev–Trinajstić information content (AvgIpc) is 2.70. The number of piperidine rings is 1. The second-order valence-electron chi connectivity index (χ2n) is 7.83. The van der Waals surface area contributed by atoms with E-state index in [4.69, 9.17) is 4.99 Å². The maximum absolute atomic E-state index is 12.7. The average molecular weight is 399 g/mol. The number of barbiturate groups is 1. The van der Waals surface area contributed by atoms with Crippen molar-refractivity contribution in [2.75, 3.05) is 19.6 Å². The number of urea groups is 1. The van der Waals surface area contributed by atoms with Gasteiger partial charge in [0.15, 0.2) is 5.92 Å². The Morgan fingerprint density at radius 3 is 2.48 bits per heavy atom. The van der Waals surface area contributed by atoms with Crippen molar-refractivity contribution in [2.45, 2.75) is 52.1 Å². The molecule has 0 radical (unpaired) electrons.